The van der Waals surface area contributed by atoms with Gasteiger partial charge in [-0.2, -0.15) is 0 Å². The summed E-state index contributed by atoms with van der Waals surface area (Å²) in [5.74, 6) is -0.0695. The van der Waals surface area contributed by atoms with E-state index in [-0.39, 0.29) is 18.0 Å². The standard InChI is InChI=1S/C27H28N6O2/c1-18-15-25(22-6-2-3-7-24(22)30-18)32-27(35)29-12-14-33-13-10-21(17-33)31-26(34)20-8-9-23-19(16-20)5-4-11-28-23/h2-9,11,15-16,21H,10,12-14,17H2,1H3,(H,31,34)(H2,29,30,32,35). The molecule has 0 radical (unpaired) electrons. The van der Waals surface area contributed by atoms with Gasteiger partial charge in [-0.05, 0) is 49.7 Å². The minimum absolute atomic E-state index is 0.0695. The predicted octanol–water partition coefficient (Wildman–Crippen LogP) is 3.72. The van der Waals surface area contributed by atoms with Crippen molar-refractivity contribution >= 4 is 39.4 Å². The van der Waals surface area contributed by atoms with Crippen molar-refractivity contribution in [3.05, 3.63) is 78.1 Å². The minimum Gasteiger partial charge on any atom is -0.348 e. The van der Waals surface area contributed by atoms with E-state index in [4.69, 9.17) is 0 Å². The van der Waals surface area contributed by atoms with Crippen LogP contribution >= 0.6 is 0 Å². The highest BCUT2D eigenvalue weighted by molar-refractivity contribution is 6.00. The largest absolute Gasteiger partial charge is 0.348 e. The molecule has 5 rings (SSSR count). The molecule has 178 valence electrons. The molecule has 0 aliphatic carbocycles. The summed E-state index contributed by atoms with van der Waals surface area (Å²) >= 11 is 0. The normalized spacial score (nSPS) is 15.9. The summed E-state index contributed by atoms with van der Waals surface area (Å²) in [5.41, 5.74) is 3.97. The van der Waals surface area contributed by atoms with E-state index < -0.39 is 0 Å². The van der Waals surface area contributed by atoms with Crippen molar-refractivity contribution < 1.29 is 9.59 Å². The maximum atomic E-state index is 12.7. The fraction of sp³-hybridized carbons (Fsp3) is 0.259. The monoisotopic (exact) mass is 468 g/mol. The Morgan fingerprint density at radius 2 is 1.94 bits per heavy atom. The molecule has 2 aromatic heterocycles. The third kappa shape index (κ3) is 5.38. The number of anilines is 1. The summed E-state index contributed by atoms with van der Waals surface area (Å²) in [4.78, 5) is 36.3. The third-order valence-corrected chi connectivity index (χ3v) is 6.28. The predicted molar refractivity (Wildman–Crippen MR) is 138 cm³/mol. The molecule has 2 aromatic carbocycles. The van der Waals surface area contributed by atoms with Gasteiger partial charge in [0.25, 0.3) is 5.91 Å². The SMILES string of the molecule is Cc1cc(NC(=O)NCCN2CCC(NC(=O)c3ccc4ncccc4c3)C2)c2ccccc2n1. The van der Waals surface area contributed by atoms with Crippen molar-refractivity contribution in [3.8, 4) is 0 Å². The van der Waals surface area contributed by atoms with Crippen molar-refractivity contribution in [2.24, 2.45) is 0 Å². The van der Waals surface area contributed by atoms with Gasteiger partial charge in [0.15, 0.2) is 0 Å². The number of urea groups is 1. The van der Waals surface area contributed by atoms with E-state index in [9.17, 15) is 9.59 Å². The number of rotatable bonds is 6. The Bertz CT molecular complexity index is 1390. The van der Waals surface area contributed by atoms with E-state index in [1.807, 2.05) is 67.6 Å². The smallest absolute Gasteiger partial charge is 0.319 e. The Hall–Kier alpha value is -4.04. The van der Waals surface area contributed by atoms with E-state index in [1.165, 1.54) is 0 Å². The molecule has 1 aliphatic rings. The van der Waals surface area contributed by atoms with Crippen molar-refractivity contribution in [2.75, 3.05) is 31.5 Å². The van der Waals surface area contributed by atoms with Crippen LogP contribution in [0.15, 0.2) is 66.9 Å². The number of aryl methyl sites for hydroxylation is 1. The molecule has 8 nitrogen and oxygen atoms in total. The molecule has 8 heteroatoms. The van der Waals surface area contributed by atoms with Crippen LogP contribution in [0.2, 0.25) is 0 Å². The maximum absolute atomic E-state index is 12.7. The molecule has 1 fully saturated rings. The number of para-hydroxylation sites is 1. The van der Waals surface area contributed by atoms with Crippen LogP contribution in [0.5, 0.6) is 0 Å². The number of hydrogen-bond acceptors (Lipinski definition) is 5. The first-order valence-corrected chi connectivity index (χ1v) is 11.8. The Kier molecular flexibility index (Phi) is 6.54. The zero-order valence-corrected chi connectivity index (χ0v) is 19.6. The molecule has 1 saturated heterocycles. The Labute approximate surface area is 203 Å². The zero-order valence-electron chi connectivity index (χ0n) is 19.6. The second-order valence-electron chi connectivity index (χ2n) is 8.88. The number of nitrogens with one attached hydrogen (secondary N) is 3. The Morgan fingerprint density at radius 3 is 2.86 bits per heavy atom. The van der Waals surface area contributed by atoms with Crippen LogP contribution in [0.1, 0.15) is 22.5 Å². The number of aromatic nitrogens is 2. The number of nitrogens with zero attached hydrogens (tertiary/aromatic N) is 3. The highest BCUT2D eigenvalue weighted by Crippen LogP contribution is 2.22. The third-order valence-electron chi connectivity index (χ3n) is 6.28. The summed E-state index contributed by atoms with van der Waals surface area (Å²) in [6.07, 6.45) is 2.63. The minimum atomic E-state index is -0.240. The highest BCUT2D eigenvalue weighted by Gasteiger charge is 2.24. The number of hydrogen-bond donors (Lipinski definition) is 3. The van der Waals surface area contributed by atoms with Gasteiger partial charge >= 0.3 is 6.03 Å². The molecular formula is C27H28N6O2. The van der Waals surface area contributed by atoms with Crippen LogP contribution in [0.25, 0.3) is 21.8 Å². The maximum Gasteiger partial charge on any atom is 0.319 e. The van der Waals surface area contributed by atoms with Crippen LogP contribution < -0.4 is 16.0 Å². The summed E-state index contributed by atoms with van der Waals surface area (Å²) < 4.78 is 0. The van der Waals surface area contributed by atoms with Crippen LogP contribution in [-0.2, 0) is 0 Å². The van der Waals surface area contributed by atoms with E-state index in [0.717, 1.165) is 59.2 Å². The first-order chi connectivity index (χ1) is 17.0. The second-order valence-corrected chi connectivity index (χ2v) is 8.88. The fourth-order valence-corrected chi connectivity index (χ4v) is 4.54. The summed E-state index contributed by atoms with van der Waals surface area (Å²) in [7, 11) is 0. The molecule has 3 N–H and O–H groups in total. The highest BCUT2D eigenvalue weighted by atomic mass is 16.2. The van der Waals surface area contributed by atoms with Gasteiger partial charge < -0.3 is 16.0 Å². The van der Waals surface area contributed by atoms with Crippen LogP contribution in [0.3, 0.4) is 0 Å². The second kappa shape index (κ2) is 10.1. The Morgan fingerprint density at radius 1 is 1.06 bits per heavy atom. The molecule has 3 heterocycles. The summed E-state index contributed by atoms with van der Waals surface area (Å²) in [6.45, 7) is 4.79. The molecule has 35 heavy (non-hydrogen) atoms. The van der Waals surface area contributed by atoms with Gasteiger partial charge in [-0.3, -0.25) is 19.7 Å². The molecule has 1 unspecified atom stereocenters. The average molecular weight is 469 g/mol. The van der Waals surface area contributed by atoms with Gasteiger partial charge in [0.2, 0.25) is 0 Å². The molecule has 0 bridgehead atoms. The van der Waals surface area contributed by atoms with Crippen molar-refractivity contribution in [1.29, 1.82) is 0 Å². The van der Waals surface area contributed by atoms with Crippen LogP contribution in [0, 0.1) is 6.92 Å². The number of amides is 3. The van der Waals surface area contributed by atoms with E-state index >= 15 is 0 Å². The number of carbonyl (C=O) groups is 2. The van der Waals surface area contributed by atoms with E-state index in [2.05, 4.69) is 30.8 Å². The van der Waals surface area contributed by atoms with Crippen molar-refractivity contribution in [3.63, 3.8) is 0 Å². The van der Waals surface area contributed by atoms with Crippen LogP contribution in [0.4, 0.5) is 10.5 Å². The summed E-state index contributed by atoms with van der Waals surface area (Å²) in [6, 6.07) is 18.9. The zero-order chi connectivity index (χ0) is 24.2. The molecule has 1 aliphatic heterocycles. The number of carbonyl (C=O) groups excluding carboxylic acids is 2. The number of fused-ring (bicyclic) bond motifs is 2. The molecule has 0 spiro atoms. The van der Waals surface area contributed by atoms with Crippen molar-refractivity contribution in [2.45, 2.75) is 19.4 Å². The average Bonchev–Trinajstić information content (AvgIpc) is 3.30. The quantitative estimate of drug-likeness (QED) is 0.401. The lowest BCUT2D eigenvalue weighted by atomic mass is 10.1. The van der Waals surface area contributed by atoms with Gasteiger partial charge in [-0.15, -0.1) is 0 Å². The fourth-order valence-electron chi connectivity index (χ4n) is 4.54. The molecule has 4 aromatic rings. The van der Waals surface area contributed by atoms with Gasteiger partial charge in [0.1, 0.15) is 0 Å². The first-order valence-electron chi connectivity index (χ1n) is 11.8. The van der Waals surface area contributed by atoms with Gasteiger partial charge in [0, 0.05) is 60.4 Å². The summed E-state index contributed by atoms with van der Waals surface area (Å²) in [5, 5.41) is 10.9. The van der Waals surface area contributed by atoms with Crippen LogP contribution in [-0.4, -0.2) is 59.0 Å². The lowest BCUT2D eigenvalue weighted by Gasteiger charge is -2.17. The first kappa shape index (κ1) is 22.7. The molecule has 3 amide bonds. The van der Waals surface area contributed by atoms with E-state index in [1.54, 1.807) is 6.20 Å². The number of benzene rings is 2. The number of pyridine rings is 2. The Balaban J connectivity index is 1.09. The molecule has 0 saturated carbocycles. The molecular weight excluding hydrogens is 440 g/mol. The molecule has 1 atom stereocenters. The van der Waals surface area contributed by atoms with Gasteiger partial charge in [-0.25, -0.2) is 4.79 Å². The van der Waals surface area contributed by atoms with Crippen molar-refractivity contribution in [1.82, 2.24) is 25.5 Å². The van der Waals surface area contributed by atoms with Gasteiger partial charge in [0.05, 0.1) is 16.7 Å². The number of likely N-dealkylation sites (tertiary alicyclic amines) is 1. The lowest BCUT2D eigenvalue weighted by molar-refractivity contribution is 0.0938. The van der Waals surface area contributed by atoms with E-state index in [0.29, 0.717) is 12.1 Å². The van der Waals surface area contributed by atoms with Gasteiger partial charge in [-0.1, -0.05) is 24.3 Å². The lowest BCUT2D eigenvalue weighted by Crippen LogP contribution is -2.39. The topological polar surface area (TPSA) is 99.2 Å².